The molecular formula is C7H12O4. The summed E-state index contributed by atoms with van der Waals surface area (Å²) in [4.78, 5) is 20.7. The van der Waals surface area contributed by atoms with Crippen LogP contribution in [0.3, 0.4) is 0 Å². The molecular weight excluding hydrogens is 148 g/mol. The minimum Gasteiger partial charge on any atom is -0.388 e. The number of carbonyl (C=O) groups is 2. The van der Waals surface area contributed by atoms with Crippen LogP contribution >= 0.6 is 0 Å². The third kappa shape index (κ3) is 3.85. The Morgan fingerprint density at radius 2 is 2.18 bits per heavy atom. The fourth-order valence-corrected chi connectivity index (χ4v) is 0.558. The van der Waals surface area contributed by atoms with E-state index in [0.717, 1.165) is 0 Å². The third-order valence-electron chi connectivity index (χ3n) is 1.22. The molecule has 0 aliphatic rings. The van der Waals surface area contributed by atoms with Gasteiger partial charge in [0.1, 0.15) is 25.1 Å². The number of aliphatic hydroxyl groups excluding tert-OH is 1. The molecule has 0 aromatic heterocycles. The van der Waals surface area contributed by atoms with E-state index in [1.54, 1.807) is 0 Å². The summed E-state index contributed by atoms with van der Waals surface area (Å²) >= 11 is 0. The molecule has 2 atom stereocenters. The molecule has 0 saturated carbocycles. The highest BCUT2D eigenvalue weighted by molar-refractivity contribution is 5.83. The molecule has 0 rings (SSSR count). The second-order valence-electron chi connectivity index (χ2n) is 2.24. The summed E-state index contributed by atoms with van der Waals surface area (Å²) in [6.45, 7) is 2.49. The molecule has 4 heteroatoms. The first kappa shape index (κ1) is 10.3. The number of ether oxygens (including phenoxy) is 1. The largest absolute Gasteiger partial charge is 0.388 e. The minimum atomic E-state index is -0.708. The van der Waals surface area contributed by atoms with E-state index in [-0.39, 0.29) is 0 Å². The highest BCUT2D eigenvalue weighted by Gasteiger charge is 2.14. The maximum atomic E-state index is 10.7. The number of aliphatic hydroxyl groups is 1. The molecule has 0 spiro atoms. The standard InChI is InChI=1S/C7H12O4/c1-5(3-8)11-6(2)7(10)4-9/h3,5-6,9H,4H2,1-2H3/t5-,6?/m0/s1. The topological polar surface area (TPSA) is 63.6 Å². The fraction of sp³-hybridized carbons (Fsp3) is 0.714. The number of ketones is 1. The Kier molecular flexibility index (Phi) is 4.65. The van der Waals surface area contributed by atoms with Gasteiger partial charge in [0.25, 0.3) is 0 Å². The van der Waals surface area contributed by atoms with Crippen LogP contribution in [-0.2, 0) is 14.3 Å². The van der Waals surface area contributed by atoms with Crippen molar-refractivity contribution < 1.29 is 19.4 Å². The van der Waals surface area contributed by atoms with Crippen molar-refractivity contribution in [2.45, 2.75) is 26.1 Å². The lowest BCUT2D eigenvalue weighted by molar-refractivity contribution is -0.138. The van der Waals surface area contributed by atoms with E-state index in [1.807, 2.05) is 0 Å². The van der Waals surface area contributed by atoms with Gasteiger partial charge >= 0.3 is 0 Å². The predicted octanol–water partition coefficient (Wildman–Crippen LogP) is -0.460. The van der Waals surface area contributed by atoms with Gasteiger partial charge in [-0.15, -0.1) is 0 Å². The first-order valence-corrected chi connectivity index (χ1v) is 3.36. The van der Waals surface area contributed by atoms with Crippen LogP contribution in [0.5, 0.6) is 0 Å². The van der Waals surface area contributed by atoms with Gasteiger partial charge in [-0.05, 0) is 13.8 Å². The fourth-order valence-electron chi connectivity index (χ4n) is 0.558. The van der Waals surface area contributed by atoms with E-state index in [9.17, 15) is 9.59 Å². The lowest BCUT2D eigenvalue weighted by Gasteiger charge is -2.12. The Morgan fingerprint density at radius 3 is 2.55 bits per heavy atom. The average Bonchev–Trinajstić information content (AvgIpc) is 2.02. The summed E-state index contributed by atoms with van der Waals surface area (Å²) in [5, 5.41) is 8.37. The molecule has 0 bridgehead atoms. The first-order chi connectivity index (χ1) is 5.11. The van der Waals surface area contributed by atoms with Gasteiger partial charge in [-0.1, -0.05) is 0 Å². The molecule has 0 saturated heterocycles. The van der Waals surface area contributed by atoms with Gasteiger partial charge in [-0.25, -0.2) is 0 Å². The summed E-state index contributed by atoms with van der Waals surface area (Å²) in [6.07, 6.45) is -0.707. The van der Waals surface area contributed by atoms with Crippen molar-refractivity contribution in [3.8, 4) is 0 Å². The van der Waals surface area contributed by atoms with Crippen LogP contribution in [0.15, 0.2) is 0 Å². The summed E-state index contributed by atoms with van der Waals surface area (Å²) < 4.78 is 4.87. The molecule has 11 heavy (non-hydrogen) atoms. The number of hydrogen-bond donors (Lipinski definition) is 1. The Labute approximate surface area is 65.2 Å². The van der Waals surface area contributed by atoms with Gasteiger partial charge in [0.05, 0.1) is 0 Å². The monoisotopic (exact) mass is 160 g/mol. The quantitative estimate of drug-likeness (QED) is 0.553. The molecule has 4 nitrogen and oxygen atoms in total. The molecule has 64 valence electrons. The van der Waals surface area contributed by atoms with E-state index >= 15 is 0 Å². The van der Waals surface area contributed by atoms with Crippen molar-refractivity contribution in [2.24, 2.45) is 0 Å². The SMILES string of the molecule is CC(O[C@@H](C)C=O)C(=O)CO. The normalized spacial score (nSPS) is 15.5. The van der Waals surface area contributed by atoms with Gasteiger partial charge < -0.3 is 14.6 Å². The van der Waals surface area contributed by atoms with Gasteiger partial charge in [0.2, 0.25) is 0 Å². The smallest absolute Gasteiger partial charge is 0.186 e. The molecule has 1 N–H and O–H groups in total. The van der Waals surface area contributed by atoms with Crippen molar-refractivity contribution in [3.05, 3.63) is 0 Å². The molecule has 1 unspecified atom stereocenters. The third-order valence-corrected chi connectivity index (χ3v) is 1.22. The summed E-state index contributed by atoms with van der Waals surface area (Å²) in [7, 11) is 0. The zero-order valence-corrected chi connectivity index (χ0v) is 6.61. The van der Waals surface area contributed by atoms with Crippen LogP contribution in [0.4, 0.5) is 0 Å². The van der Waals surface area contributed by atoms with Crippen molar-refractivity contribution in [1.82, 2.24) is 0 Å². The molecule has 0 radical (unpaired) electrons. The Hall–Kier alpha value is -0.740. The second kappa shape index (κ2) is 4.98. The van der Waals surface area contributed by atoms with E-state index in [0.29, 0.717) is 6.29 Å². The van der Waals surface area contributed by atoms with Gasteiger partial charge in [-0.2, -0.15) is 0 Å². The van der Waals surface area contributed by atoms with Gasteiger partial charge in [-0.3, -0.25) is 4.79 Å². The molecule has 0 fully saturated rings. The van der Waals surface area contributed by atoms with Crippen molar-refractivity contribution in [1.29, 1.82) is 0 Å². The van der Waals surface area contributed by atoms with Gasteiger partial charge in [0, 0.05) is 0 Å². The highest BCUT2D eigenvalue weighted by Crippen LogP contribution is 1.96. The summed E-state index contributed by atoms with van der Waals surface area (Å²) in [5.74, 6) is -0.418. The van der Waals surface area contributed by atoms with Gasteiger partial charge in [0.15, 0.2) is 5.78 Å². The van der Waals surface area contributed by atoms with Crippen LogP contribution in [0, 0.1) is 0 Å². The summed E-state index contributed by atoms with van der Waals surface area (Å²) in [6, 6.07) is 0. The lowest BCUT2D eigenvalue weighted by atomic mass is 10.2. The number of Topliss-reactive ketones (excluding diaryl/α,β-unsaturated/α-hetero) is 1. The van der Waals surface area contributed by atoms with Crippen molar-refractivity contribution in [2.75, 3.05) is 6.61 Å². The maximum Gasteiger partial charge on any atom is 0.186 e. The summed E-state index contributed by atoms with van der Waals surface area (Å²) in [5.41, 5.74) is 0. The van der Waals surface area contributed by atoms with Crippen LogP contribution in [0.1, 0.15) is 13.8 Å². The van der Waals surface area contributed by atoms with Crippen LogP contribution in [0.25, 0.3) is 0 Å². The zero-order chi connectivity index (χ0) is 8.85. The lowest BCUT2D eigenvalue weighted by Crippen LogP contribution is -2.28. The van der Waals surface area contributed by atoms with E-state index in [2.05, 4.69) is 0 Å². The number of aldehydes is 1. The number of rotatable bonds is 5. The van der Waals surface area contributed by atoms with E-state index in [4.69, 9.17) is 9.84 Å². The first-order valence-electron chi connectivity index (χ1n) is 3.36. The Balaban J connectivity index is 3.76. The van der Waals surface area contributed by atoms with Crippen LogP contribution in [0.2, 0.25) is 0 Å². The zero-order valence-electron chi connectivity index (χ0n) is 6.61. The predicted molar refractivity (Wildman–Crippen MR) is 38.2 cm³/mol. The maximum absolute atomic E-state index is 10.7. The van der Waals surface area contributed by atoms with Crippen LogP contribution in [-0.4, -0.2) is 36.0 Å². The van der Waals surface area contributed by atoms with E-state index in [1.165, 1.54) is 13.8 Å². The molecule has 0 aromatic carbocycles. The molecule has 0 aliphatic heterocycles. The highest BCUT2D eigenvalue weighted by atomic mass is 16.5. The number of hydrogen-bond acceptors (Lipinski definition) is 4. The van der Waals surface area contributed by atoms with Crippen molar-refractivity contribution >= 4 is 12.1 Å². The molecule has 0 aliphatic carbocycles. The van der Waals surface area contributed by atoms with Crippen molar-refractivity contribution in [3.63, 3.8) is 0 Å². The molecule has 0 heterocycles. The van der Waals surface area contributed by atoms with E-state index < -0.39 is 24.6 Å². The minimum absolute atomic E-state index is 0.418. The molecule has 0 amide bonds. The molecule has 0 aromatic rings. The number of carbonyl (C=O) groups excluding carboxylic acids is 2. The Bertz CT molecular complexity index is 143. The second-order valence-corrected chi connectivity index (χ2v) is 2.24. The van der Waals surface area contributed by atoms with Crippen LogP contribution < -0.4 is 0 Å². The average molecular weight is 160 g/mol. The Morgan fingerprint density at radius 1 is 1.64 bits per heavy atom.